The van der Waals surface area contributed by atoms with Crippen LogP contribution in [0.2, 0.25) is 0 Å². The molecule has 0 aliphatic rings. The minimum Gasteiger partial charge on any atom is -0.507 e. The van der Waals surface area contributed by atoms with E-state index in [-0.39, 0.29) is 17.9 Å². The smallest absolute Gasteiger partial charge is 0.255 e. The topological polar surface area (TPSA) is 49.3 Å². The van der Waals surface area contributed by atoms with E-state index < -0.39 is 11.7 Å². The number of amides is 1. The Balaban J connectivity index is 2.81. The SMILES string of the molecule is C=C(Br)CNC(=O)c1cc(F)ccc1O. The van der Waals surface area contributed by atoms with Gasteiger partial charge in [0, 0.05) is 11.0 Å². The molecular weight excluding hydrogens is 265 g/mol. The van der Waals surface area contributed by atoms with Crippen LogP contribution in [0.1, 0.15) is 10.4 Å². The molecule has 0 bridgehead atoms. The molecule has 0 saturated heterocycles. The maximum Gasteiger partial charge on any atom is 0.255 e. The van der Waals surface area contributed by atoms with Crippen LogP contribution in [0.5, 0.6) is 5.75 Å². The normalized spacial score (nSPS) is 9.73. The number of phenolic OH excluding ortho intramolecular Hbond substituents is 1. The highest BCUT2D eigenvalue weighted by Crippen LogP contribution is 2.17. The summed E-state index contributed by atoms with van der Waals surface area (Å²) < 4.78 is 13.4. The molecule has 0 fully saturated rings. The predicted octanol–water partition coefficient (Wildman–Crippen LogP) is 2.17. The van der Waals surface area contributed by atoms with Gasteiger partial charge in [-0.2, -0.15) is 0 Å². The average molecular weight is 274 g/mol. The van der Waals surface area contributed by atoms with Crippen molar-refractivity contribution in [3.05, 3.63) is 40.6 Å². The zero-order chi connectivity index (χ0) is 11.4. The number of halogens is 2. The van der Waals surface area contributed by atoms with Crippen molar-refractivity contribution >= 4 is 21.8 Å². The van der Waals surface area contributed by atoms with Gasteiger partial charge in [-0.05, 0) is 18.2 Å². The van der Waals surface area contributed by atoms with Gasteiger partial charge in [-0.15, -0.1) is 0 Å². The summed E-state index contributed by atoms with van der Waals surface area (Å²) in [6, 6.07) is 3.18. The van der Waals surface area contributed by atoms with Crippen molar-refractivity contribution in [2.24, 2.45) is 0 Å². The van der Waals surface area contributed by atoms with Gasteiger partial charge < -0.3 is 10.4 Å². The second-order valence-electron chi connectivity index (χ2n) is 2.86. The molecule has 0 aliphatic heterocycles. The third-order valence-electron chi connectivity index (χ3n) is 1.64. The highest BCUT2D eigenvalue weighted by Gasteiger charge is 2.11. The molecule has 1 amide bonds. The summed E-state index contributed by atoms with van der Waals surface area (Å²) in [5.41, 5.74) is -0.0937. The van der Waals surface area contributed by atoms with Crippen LogP contribution in [0.3, 0.4) is 0 Å². The Kier molecular flexibility index (Phi) is 3.85. The molecule has 0 atom stereocenters. The van der Waals surface area contributed by atoms with Gasteiger partial charge in [0.15, 0.2) is 0 Å². The van der Waals surface area contributed by atoms with Crippen molar-refractivity contribution in [3.63, 3.8) is 0 Å². The highest BCUT2D eigenvalue weighted by atomic mass is 79.9. The van der Waals surface area contributed by atoms with Crippen LogP contribution in [0.25, 0.3) is 0 Å². The van der Waals surface area contributed by atoms with Crippen LogP contribution in [0.4, 0.5) is 4.39 Å². The molecule has 0 heterocycles. The van der Waals surface area contributed by atoms with E-state index in [1.165, 1.54) is 0 Å². The van der Waals surface area contributed by atoms with Crippen molar-refractivity contribution in [1.82, 2.24) is 5.32 Å². The summed E-state index contributed by atoms with van der Waals surface area (Å²) in [4.78, 5) is 11.4. The zero-order valence-corrected chi connectivity index (χ0v) is 9.34. The van der Waals surface area contributed by atoms with Crippen LogP contribution in [-0.4, -0.2) is 17.6 Å². The molecule has 15 heavy (non-hydrogen) atoms. The summed E-state index contributed by atoms with van der Waals surface area (Å²) in [5, 5.41) is 11.8. The van der Waals surface area contributed by atoms with Crippen LogP contribution < -0.4 is 5.32 Å². The first-order valence-electron chi connectivity index (χ1n) is 4.10. The lowest BCUT2D eigenvalue weighted by Gasteiger charge is -2.05. The monoisotopic (exact) mass is 273 g/mol. The Morgan fingerprint density at radius 3 is 2.87 bits per heavy atom. The molecule has 1 aromatic carbocycles. The number of hydrogen-bond acceptors (Lipinski definition) is 2. The molecule has 5 heteroatoms. The van der Waals surface area contributed by atoms with Gasteiger partial charge in [0.25, 0.3) is 5.91 Å². The first-order chi connectivity index (χ1) is 7.00. The van der Waals surface area contributed by atoms with Crippen LogP contribution >= 0.6 is 15.9 Å². The van der Waals surface area contributed by atoms with E-state index in [0.29, 0.717) is 4.48 Å². The van der Waals surface area contributed by atoms with E-state index in [0.717, 1.165) is 18.2 Å². The molecule has 1 rings (SSSR count). The standard InChI is InChI=1S/C10H9BrFNO2/c1-6(11)5-13-10(15)8-4-7(12)2-3-9(8)14/h2-4,14H,1,5H2,(H,13,15). The first-order valence-corrected chi connectivity index (χ1v) is 4.90. The van der Waals surface area contributed by atoms with E-state index in [1.54, 1.807) is 0 Å². The summed E-state index contributed by atoms with van der Waals surface area (Å²) in [5.74, 6) is -1.38. The molecule has 0 unspecified atom stereocenters. The lowest BCUT2D eigenvalue weighted by atomic mass is 10.2. The maximum atomic E-state index is 12.8. The van der Waals surface area contributed by atoms with Crippen LogP contribution in [0, 0.1) is 5.82 Å². The third-order valence-corrected chi connectivity index (χ3v) is 1.92. The minimum absolute atomic E-state index is 0.0937. The number of carbonyl (C=O) groups is 1. The lowest BCUT2D eigenvalue weighted by molar-refractivity contribution is 0.0954. The molecule has 3 nitrogen and oxygen atoms in total. The number of benzene rings is 1. The summed E-state index contributed by atoms with van der Waals surface area (Å²) in [6.45, 7) is 3.74. The summed E-state index contributed by atoms with van der Waals surface area (Å²) in [6.07, 6.45) is 0. The highest BCUT2D eigenvalue weighted by molar-refractivity contribution is 9.11. The quantitative estimate of drug-likeness (QED) is 0.887. The van der Waals surface area contributed by atoms with Gasteiger partial charge in [0.1, 0.15) is 11.6 Å². The van der Waals surface area contributed by atoms with Gasteiger partial charge in [-0.3, -0.25) is 4.79 Å². The maximum absolute atomic E-state index is 12.8. The van der Waals surface area contributed by atoms with Crippen molar-refractivity contribution < 1.29 is 14.3 Å². The molecule has 0 radical (unpaired) electrons. The number of rotatable bonds is 3. The number of phenols is 1. The second-order valence-corrected chi connectivity index (χ2v) is 3.98. The average Bonchev–Trinajstić information content (AvgIpc) is 2.18. The van der Waals surface area contributed by atoms with Gasteiger partial charge in [-0.25, -0.2) is 4.39 Å². The fourth-order valence-electron chi connectivity index (χ4n) is 0.962. The van der Waals surface area contributed by atoms with E-state index in [1.807, 2.05) is 0 Å². The summed E-state index contributed by atoms with van der Waals surface area (Å²) >= 11 is 3.06. The van der Waals surface area contributed by atoms with Crippen molar-refractivity contribution in [2.75, 3.05) is 6.54 Å². The second kappa shape index (κ2) is 4.93. The Morgan fingerprint density at radius 2 is 2.27 bits per heavy atom. The zero-order valence-electron chi connectivity index (χ0n) is 7.76. The van der Waals surface area contributed by atoms with E-state index in [2.05, 4.69) is 27.8 Å². The number of aromatic hydroxyl groups is 1. The molecule has 1 aromatic rings. The minimum atomic E-state index is -0.574. The van der Waals surface area contributed by atoms with Gasteiger partial charge in [0.2, 0.25) is 0 Å². The van der Waals surface area contributed by atoms with E-state index in [9.17, 15) is 14.3 Å². The van der Waals surface area contributed by atoms with E-state index >= 15 is 0 Å². The summed E-state index contributed by atoms with van der Waals surface area (Å²) in [7, 11) is 0. The Morgan fingerprint density at radius 1 is 1.60 bits per heavy atom. The Labute approximate surface area is 94.7 Å². The van der Waals surface area contributed by atoms with Crippen LogP contribution in [-0.2, 0) is 0 Å². The van der Waals surface area contributed by atoms with Crippen molar-refractivity contribution in [3.8, 4) is 5.75 Å². The molecule has 0 aliphatic carbocycles. The van der Waals surface area contributed by atoms with Gasteiger partial charge in [0.05, 0.1) is 5.56 Å². The number of nitrogens with one attached hydrogen (secondary N) is 1. The largest absolute Gasteiger partial charge is 0.507 e. The first kappa shape index (κ1) is 11.7. The molecule has 2 N–H and O–H groups in total. The van der Waals surface area contributed by atoms with Crippen molar-refractivity contribution in [2.45, 2.75) is 0 Å². The number of hydrogen-bond donors (Lipinski definition) is 2. The molecular formula is C10H9BrFNO2. The Hall–Kier alpha value is -1.36. The van der Waals surface area contributed by atoms with Crippen LogP contribution in [0.15, 0.2) is 29.3 Å². The molecule has 0 saturated carbocycles. The van der Waals surface area contributed by atoms with E-state index in [4.69, 9.17) is 0 Å². The molecule has 80 valence electrons. The number of carbonyl (C=O) groups excluding carboxylic acids is 1. The van der Waals surface area contributed by atoms with Gasteiger partial charge >= 0.3 is 0 Å². The molecule has 0 spiro atoms. The molecule has 0 aromatic heterocycles. The van der Waals surface area contributed by atoms with Gasteiger partial charge in [-0.1, -0.05) is 22.5 Å². The third kappa shape index (κ3) is 3.36. The predicted molar refractivity (Wildman–Crippen MR) is 58.5 cm³/mol. The van der Waals surface area contributed by atoms with Crippen molar-refractivity contribution in [1.29, 1.82) is 0 Å². The fraction of sp³-hybridized carbons (Fsp3) is 0.100. The Bertz CT molecular complexity index is 406. The fourth-order valence-corrected chi connectivity index (χ4v) is 1.10. The lowest BCUT2D eigenvalue weighted by Crippen LogP contribution is -2.24.